The number of hydrogen-bond acceptors (Lipinski definition) is 2. The highest BCUT2D eigenvalue weighted by Crippen LogP contribution is 2.07. The van der Waals surface area contributed by atoms with E-state index in [4.69, 9.17) is 0 Å². The average Bonchev–Trinajstić information content (AvgIpc) is 2.19. The van der Waals surface area contributed by atoms with Crippen LogP contribution in [0.1, 0.15) is 16.1 Å². The van der Waals surface area contributed by atoms with Gasteiger partial charge in [0, 0.05) is 20.2 Å². The Bertz CT molecular complexity index is 386. The standard InChI is InChI=1S/C12H20N3O/c1-13(2)9-11-10(12(16)14(3)4)7-6-8-15(11)5/h6-8H,9H2,1-5H3/q+1. The van der Waals surface area contributed by atoms with Gasteiger partial charge in [-0.3, -0.25) is 9.69 Å². The third-order valence-electron chi connectivity index (χ3n) is 2.41. The van der Waals surface area contributed by atoms with Crippen molar-refractivity contribution in [3.63, 3.8) is 0 Å². The average molecular weight is 222 g/mol. The second kappa shape index (κ2) is 5.07. The van der Waals surface area contributed by atoms with Crippen LogP contribution in [0.25, 0.3) is 0 Å². The summed E-state index contributed by atoms with van der Waals surface area (Å²) in [6, 6.07) is 3.77. The molecule has 0 unspecified atom stereocenters. The van der Waals surface area contributed by atoms with Crippen molar-refractivity contribution in [1.82, 2.24) is 9.80 Å². The molecular weight excluding hydrogens is 202 g/mol. The quantitative estimate of drug-likeness (QED) is 0.687. The summed E-state index contributed by atoms with van der Waals surface area (Å²) in [6.07, 6.45) is 1.96. The summed E-state index contributed by atoms with van der Waals surface area (Å²) in [7, 11) is 9.50. The lowest BCUT2D eigenvalue weighted by Crippen LogP contribution is -2.39. The maximum absolute atomic E-state index is 12.0. The van der Waals surface area contributed by atoms with Gasteiger partial charge >= 0.3 is 0 Å². The van der Waals surface area contributed by atoms with Crippen LogP contribution < -0.4 is 4.57 Å². The molecule has 0 spiro atoms. The van der Waals surface area contributed by atoms with Gasteiger partial charge in [-0.1, -0.05) is 0 Å². The molecule has 0 aromatic carbocycles. The van der Waals surface area contributed by atoms with Gasteiger partial charge in [-0.15, -0.1) is 0 Å². The first kappa shape index (κ1) is 12.6. The Labute approximate surface area is 97.1 Å². The van der Waals surface area contributed by atoms with E-state index >= 15 is 0 Å². The first-order valence-corrected chi connectivity index (χ1v) is 5.27. The van der Waals surface area contributed by atoms with Crippen molar-refractivity contribution >= 4 is 5.91 Å². The predicted octanol–water partition coefficient (Wildman–Crippen LogP) is 0.274. The molecule has 1 heterocycles. The Hall–Kier alpha value is -1.42. The van der Waals surface area contributed by atoms with Crippen LogP contribution in [0.3, 0.4) is 0 Å². The highest BCUT2D eigenvalue weighted by atomic mass is 16.2. The number of carbonyl (C=O) groups excluding carboxylic acids is 1. The van der Waals surface area contributed by atoms with Crippen molar-refractivity contribution in [2.24, 2.45) is 7.05 Å². The molecule has 0 radical (unpaired) electrons. The van der Waals surface area contributed by atoms with Gasteiger partial charge in [0.05, 0.1) is 6.54 Å². The zero-order valence-electron chi connectivity index (χ0n) is 10.7. The van der Waals surface area contributed by atoms with E-state index in [0.717, 1.165) is 17.8 Å². The van der Waals surface area contributed by atoms with Gasteiger partial charge in [0.2, 0.25) is 5.69 Å². The van der Waals surface area contributed by atoms with Crippen molar-refractivity contribution < 1.29 is 9.36 Å². The molecule has 0 aliphatic rings. The fraction of sp³-hybridized carbons (Fsp3) is 0.500. The van der Waals surface area contributed by atoms with E-state index in [2.05, 4.69) is 4.90 Å². The summed E-state index contributed by atoms with van der Waals surface area (Å²) in [4.78, 5) is 15.7. The van der Waals surface area contributed by atoms with Crippen molar-refractivity contribution in [3.8, 4) is 0 Å². The summed E-state index contributed by atoms with van der Waals surface area (Å²) in [5.74, 6) is 0.0491. The van der Waals surface area contributed by atoms with Gasteiger partial charge in [-0.05, 0) is 20.2 Å². The van der Waals surface area contributed by atoms with E-state index in [1.54, 1.807) is 19.0 Å². The smallest absolute Gasteiger partial charge is 0.259 e. The number of amides is 1. The molecule has 4 nitrogen and oxygen atoms in total. The van der Waals surface area contributed by atoms with Crippen LogP contribution in [0.2, 0.25) is 0 Å². The van der Waals surface area contributed by atoms with Crippen molar-refractivity contribution in [2.75, 3.05) is 28.2 Å². The molecule has 1 aromatic heterocycles. The maximum atomic E-state index is 12.0. The fourth-order valence-corrected chi connectivity index (χ4v) is 1.58. The van der Waals surface area contributed by atoms with Crippen molar-refractivity contribution in [1.29, 1.82) is 0 Å². The van der Waals surface area contributed by atoms with E-state index in [1.807, 2.05) is 44.0 Å². The van der Waals surface area contributed by atoms with Gasteiger partial charge in [0.25, 0.3) is 5.91 Å². The molecule has 4 heteroatoms. The molecule has 1 aromatic rings. The number of rotatable bonds is 3. The summed E-state index contributed by atoms with van der Waals surface area (Å²) in [6.45, 7) is 0.756. The lowest BCUT2D eigenvalue weighted by Gasteiger charge is -2.14. The van der Waals surface area contributed by atoms with Crippen LogP contribution in [0, 0.1) is 0 Å². The maximum Gasteiger partial charge on any atom is 0.259 e. The Balaban J connectivity index is 3.17. The van der Waals surface area contributed by atoms with Crippen molar-refractivity contribution in [2.45, 2.75) is 6.54 Å². The third-order valence-corrected chi connectivity index (χ3v) is 2.41. The summed E-state index contributed by atoms with van der Waals surface area (Å²) >= 11 is 0. The highest BCUT2D eigenvalue weighted by Gasteiger charge is 2.20. The molecule has 1 amide bonds. The minimum absolute atomic E-state index is 0.0491. The van der Waals surface area contributed by atoms with Crippen LogP contribution in [0.15, 0.2) is 18.3 Å². The Morgan fingerprint density at radius 2 is 1.94 bits per heavy atom. The monoisotopic (exact) mass is 222 g/mol. The zero-order chi connectivity index (χ0) is 12.3. The Morgan fingerprint density at radius 1 is 1.31 bits per heavy atom. The van der Waals surface area contributed by atoms with Crippen LogP contribution in [-0.4, -0.2) is 43.9 Å². The van der Waals surface area contributed by atoms with E-state index in [1.165, 1.54) is 0 Å². The van der Waals surface area contributed by atoms with E-state index in [-0.39, 0.29) is 5.91 Å². The normalized spacial score (nSPS) is 10.6. The van der Waals surface area contributed by atoms with Crippen LogP contribution in [0.4, 0.5) is 0 Å². The van der Waals surface area contributed by atoms with Crippen LogP contribution >= 0.6 is 0 Å². The second-order valence-electron chi connectivity index (χ2n) is 4.42. The third kappa shape index (κ3) is 2.79. The predicted molar refractivity (Wildman–Crippen MR) is 63.0 cm³/mol. The molecule has 0 bridgehead atoms. The molecule has 88 valence electrons. The molecule has 0 aliphatic carbocycles. The zero-order valence-corrected chi connectivity index (χ0v) is 10.7. The molecule has 0 N–H and O–H groups in total. The van der Waals surface area contributed by atoms with Gasteiger partial charge in [-0.25, -0.2) is 4.57 Å². The van der Waals surface area contributed by atoms with Gasteiger partial charge in [-0.2, -0.15) is 0 Å². The largest absolute Gasteiger partial charge is 0.345 e. The lowest BCUT2D eigenvalue weighted by molar-refractivity contribution is -0.680. The fourth-order valence-electron chi connectivity index (χ4n) is 1.58. The summed E-state index contributed by atoms with van der Waals surface area (Å²) in [5.41, 5.74) is 1.80. The first-order valence-electron chi connectivity index (χ1n) is 5.27. The molecule has 1 rings (SSSR count). The van der Waals surface area contributed by atoms with Gasteiger partial charge in [0.1, 0.15) is 12.6 Å². The lowest BCUT2D eigenvalue weighted by atomic mass is 10.1. The van der Waals surface area contributed by atoms with Crippen molar-refractivity contribution in [3.05, 3.63) is 29.6 Å². The molecule has 0 fully saturated rings. The molecule has 16 heavy (non-hydrogen) atoms. The molecular formula is C12H20N3O+. The first-order chi connectivity index (χ1) is 7.43. The number of aromatic nitrogens is 1. The topological polar surface area (TPSA) is 27.4 Å². The van der Waals surface area contributed by atoms with Crippen LogP contribution in [-0.2, 0) is 13.6 Å². The minimum atomic E-state index is 0.0491. The number of carbonyl (C=O) groups is 1. The number of aryl methyl sites for hydroxylation is 1. The number of hydrogen-bond donors (Lipinski definition) is 0. The molecule has 0 saturated heterocycles. The Kier molecular flexibility index (Phi) is 4.01. The molecule has 0 atom stereocenters. The molecule has 0 aliphatic heterocycles. The SMILES string of the molecule is CN(C)Cc1c(C(=O)N(C)C)ccc[n+]1C. The minimum Gasteiger partial charge on any atom is -0.345 e. The van der Waals surface area contributed by atoms with E-state index in [0.29, 0.717) is 0 Å². The van der Waals surface area contributed by atoms with E-state index in [9.17, 15) is 4.79 Å². The Morgan fingerprint density at radius 3 is 2.44 bits per heavy atom. The number of pyridine rings is 1. The highest BCUT2D eigenvalue weighted by molar-refractivity contribution is 5.94. The summed E-state index contributed by atoms with van der Waals surface area (Å²) < 4.78 is 2.00. The van der Waals surface area contributed by atoms with Crippen LogP contribution in [0.5, 0.6) is 0 Å². The molecule has 0 saturated carbocycles. The second-order valence-corrected chi connectivity index (χ2v) is 4.42. The summed E-state index contributed by atoms with van der Waals surface area (Å²) in [5, 5.41) is 0. The van der Waals surface area contributed by atoms with E-state index < -0.39 is 0 Å². The van der Waals surface area contributed by atoms with Gasteiger partial charge in [0.15, 0.2) is 6.20 Å². The van der Waals surface area contributed by atoms with Gasteiger partial charge < -0.3 is 4.90 Å². The number of nitrogens with zero attached hydrogens (tertiary/aromatic N) is 3.